The number of methoxy groups -OCH3 is 2. The molecule has 3 rings (SSSR count). The number of amides is 2. The highest BCUT2D eigenvalue weighted by molar-refractivity contribution is 5.94. The van der Waals surface area contributed by atoms with Crippen molar-refractivity contribution in [1.29, 1.82) is 0 Å². The summed E-state index contributed by atoms with van der Waals surface area (Å²) in [5.41, 5.74) is 3.14. The summed E-state index contributed by atoms with van der Waals surface area (Å²) >= 11 is 0. The number of hydrogen-bond donors (Lipinski definition) is 1. The van der Waals surface area contributed by atoms with Crippen LogP contribution in [-0.2, 0) is 20.8 Å². The lowest BCUT2D eigenvalue weighted by Gasteiger charge is -2.28. The van der Waals surface area contributed by atoms with Gasteiger partial charge in [-0.25, -0.2) is 0 Å². The number of ether oxygens (including phenoxy) is 3. The Morgan fingerprint density at radius 3 is 2.48 bits per heavy atom. The van der Waals surface area contributed by atoms with Crippen LogP contribution in [0.2, 0.25) is 0 Å². The molecule has 0 unspecified atom stereocenters. The Morgan fingerprint density at radius 2 is 1.88 bits per heavy atom. The molecular weight excluding hydrogens is 422 g/mol. The Kier molecular flexibility index (Phi) is 8.68. The van der Waals surface area contributed by atoms with Crippen molar-refractivity contribution in [3.05, 3.63) is 53.6 Å². The number of carbonyl (C=O) groups is 2. The van der Waals surface area contributed by atoms with Crippen LogP contribution in [-0.4, -0.2) is 70.9 Å². The van der Waals surface area contributed by atoms with Crippen LogP contribution in [0.4, 0.5) is 11.4 Å². The summed E-state index contributed by atoms with van der Waals surface area (Å²) in [5, 5.41) is 2.84. The van der Waals surface area contributed by atoms with Crippen molar-refractivity contribution in [3.63, 3.8) is 0 Å². The van der Waals surface area contributed by atoms with E-state index in [2.05, 4.69) is 5.32 Å². The quantitative estimate of drug-likeness (QED) is 0.593. The molecule has 33 heavy (non-hydrogen) atoms. The third-order valence-corrected chi connectivity index (χ3v) is 5.55. The summed E-state index contributed by atoms with van der Waals surface area (Å²) < 4.78 is 16.0. The number of anilines is 2. The highest BCUT2D eigenvalue weighted by Crippen LogP contribution is 2.26. The van der Waals surface area contributed by atoms with Crippen LogP contribution in [0.25, 0.3) is 0 Å². The average Bonchev–Trinajstić information content (AvgIpc) is 3.31. The molecule has 8 heteroatoms. The molecule has 0 spiro atoms. The maximum atomic E-state index is 13.5. The average molecular weight is 456 g/mol. The Bertz CT molecular complexity index is 940. The molecule has 0 aliphatic carbocycles. The van der Waals surface area contributed by atoms with Gasteiger partial charge in [0.25, 0.3) is 5.91 Å². The molecule has 0 aromatic heterocycles. The van der Waals surface area contributed by atoms with Crippen molar-refractivity contribution in [1.82, 2.24) is 4.90 Å². The Hall–Kier alpha value is -3.10. The third-order valence-electron chi connectivity index (χ3n) is 5.55. The van der Waals surface area contributed by atoms with Gasteiger partial charge >= 0.3 is 0 Å². The molecule has 178 valence electrons. The number of rotatable bonds is 10. The van der Waals surface area contributed by atoms with E-state index in [-0.39, 0.29) is 24.5 Å². The predicted molar refractivity (Wildman–Crippen MR) is 128 cm³/mol. The van der Waals surface area contributed by atoms with E-state index in [1.165, 1.54) is 7.11 Å². The second kappa shape index (κ2) is 11.7. The van der Waals surface area contributed by atoms with Gasteiger partial charge in [-0.2, -0.15) is 0 Å². The SMILES string of the molecule is COCC(=O)Nc1ccc(N(C)C)c(CN(C[C@H]2CCCO2)C(=O)c2ccc(OC)cc2)c1. The van der Waals surface area contributed by atoms with Gasteiger partial charge in [0, 0.05) is 57.8 Å². The fourth-order valence-electron chi connectivity index (χ4n) is 3.93. The van der Waals surface area contributed by atoms with E-state index in [1.807, 2.05) is 42.1 Å². The Balaban J connectivity index is 1.89. The van der Waals surface area contributed by atoms with Gasteiger partial charge in [0.05, 0.1) is 13.2 Å². The van der Waals surface area contributed by atoms with Gasteiger partial charge in [-0.05, 0) is 60.9 Å². The minimum Gasteiger partial charge on any atom is -0.497 e. The highest BCUT2D eigenvalue weighted by atomic mass is 16.5. The molecule has 1 saturated heterocycles. The Morgan fingerprint density at radius 1 is 1.12 bits per heavy atom. The third kappa shape index (κ3) is 6.69. The minimum atomic E-state index is -0.230. The van der Waals surface area contributed by atoms with E-state index < -0.39 is 0 Å². The Labute approximate surface area is 195 Å². The van der Waals surface area contributed by atoms with E-state index in [9.17, 15) is 9.59 Å². The van der Waals surface area contributed by atoms with Gasteiger partial charge in [0.15, 0.2) is 0 Å². The molecule has 2 amide bonds. The van der Waals surface area contributed by atoms with Gasteiger partial charge < -0.3 is 29.3 Å². The van der Waals surface area contributed by atoms with Crippen molar-refractivity contribution in [2.24, 2.45) is 0 Å². The van der Waals surface area contributed by atoms with E-state index >= 15 is 0 Å². The molecule has 1 fully saturated rings. The first-order valence-corrected chi connectivity index (χ1v) is 11.0. The maximum Gasteiger partial charge on any atom is 0.254 e. The van der Waals surface area contributed by atoms with E-state index in [4.69, 9.17) is 14.2 Å². The largest absolute Gasteiger partial charge is 0.497 e. The molecule has 0 radical (unpaired) electrons. The van der Waals surface area contributed by atoms with Gasteiger partial charge in [0.1, 0.15) is 12.4 Å². The zero-order valence-electron chi connectivity index (χ0n) is 19.8. The van der Waals surface area contributed by atoms with Crippen LogP contribution in [0, 0.1) is 0 Å². The van der Waals surface area contributed by atoms with Crippen molar-refractivity contribution < 1.29 is 23.8 Å². The summed E-state index contributed by atoms with van der Waals surface area (Å²) in [6, 6.07) is 12.8. The van der Waals surface area contributed by atoms with E-state index in [1.54, 1.807) is 31.4 Å². The number of hydrogen-bond acceptors (Lipinski definition) is 6. The lowest BCUT2D eigenvalue weighted by Crippen LogP contribution is -2.37. The first-order chi connectivity index (χ1) is 15.9. The minimum absolute atomic E-state index is 0.0135. The molecule has 2 aromatic carbocycles. The monoisotopic (exact) mass is 455 g/mol. The maximum absolute atomic E-state index is 13.5. The van der Waals surface area contributed by atoms with Crippen molar-refractivity contribution >= 4 is 23.2 Å². The van der Waals surface area contributed by atoms with Gasteiger partial charge in [-0.15, -0.1) is 0 Å². The van der Waals surface area contributed by atoms with Gasteiger partial charge in [-0.3, -0.25) is 9.59 Å². The molecule has 2 aromatic rings. The molecule has 0 bridgehead atoms. The molecular formula is C25H33N3O5. The van der Waals surface area contributed by atoms with Crippen molar-refractivity contribution in [2.45, 2.75) is 25.5 Å². The predicted octanol–water partition coefficient (Wildman–Crippen LogP) is 3.17. The van der Waals surface area contributed by atoms with E-state index in [0.29, 0.717) is 30.1 Å². The standard InChI is InChI=1S/C25H33N3O5/c1-27(2)23-12-9-20(26-24(29)17-31-3)14-19(23)15-28(16-22-6-5-13-33-22)25(30)18-7-10-21(32-4)11-8-18/h7-12,14,22H,5-6,13,15-17H2,1-4H3,(H,26,29)/t22-/m1/s1. The first kappa shape index (κ1) is 24.5. The van der Waals surface area contributed by atoms with Crippen LogP contribution < -0.4 is 15.0 Å². The second-order valence-electron chi connectivity index (χ2n) is 8.27. The molecule has 1 atom stereocenters. The summed E-state index contributed by atoms with van der Waals surface area (Å²) in [5.74, 6) is 0.393. The van der Waals surface area contributed by atoms with Crippen molar-refractivity contribution in [2.75, 3.05) is 58.3 Å². The lowest BCUT2D eigenvalue weighted by atomic mass is 10.1. The van der Waals surface area contributed by atoms with Crippen LogP contribution >= 0.6 is 0 Å². The molecule has 1 heterocycles. The zero-order valence-corrected chi connectivity index (χ0v) is 19.8. The second-order valence-corrected chi connectivity index (χ2v) is 8.27. The fourth-order valence-corrected chi connectivity index (χ4v) is 3.93. The number of carbonyl (C=O) groups excluding carboxylic acids is 2. The smallest absolute Gasteiger partial charge is 0.254 e. The first-order valence-electron chi connectivity index (χ1n) is 11.0. The summed E-state index contributed by atoms with van der Waals surface area (Å²) in [6.45, 7) is 1.58. The van der Waals surface area contributed by atoms with Crippen LogP contribution in [0.15, 0.2) is 42.5 Å². The van der Waals surface area contributed by atoms with E-state index in [0.717, 1.165) is 30.7 Å². The molecule has 1 aliphatic rings. The summed E-state index contributed by atoms with van der Waals surface area (Å²) in [6.07, 6.45) is 1.94. The molecule has 1 aliphatic heterocycles. The molecule has 8 nitrogen and oxygen atoms in total. The number of nitrogens with one attached hydrogen (secondary N) is 1. The van der Waals surface area contributed by atoms with Crippen molar-refractivity contribution in [3.8, 4) is 5.75 Å². The molecule has 0 saturated carbocycles. The van der Waals surface area contributed by atoms with Crippen LogP contribution in [0.3, 0.4) is 0 Å². The number of benzene rings is 2. The highest BCUT2D eigenvalue weighted by Gasteiger charge is 2.25. The fraction of sp³-hybridized carbons (Fsp3) is 0.440. The topological polar surface area (TPSA) is 80.3 Å². The summed E-state index contributed by atoms with van der Waals surface area (Å²) in [4.78, 5) is 29.3. The normalized spacial score (nSPS) is 15.2. The number of nitrogens with zero attached hydrogens (tertiary/aromatic N) is 2. The molecule has 1 N–H and O–H groups in total. The van der Waals surface area contributed by atoms with Crippen LogP contribution in [0.1, 0.15) is 28.8 Å². The van der Waals surface area contributed by atoms with Gasteiger partial charge in [0.2, 0.25) is 5.91 Å². The summed E-state index contributed by atoms with van der Waals surface area (Å²) in [7, 11) is 6.99. The lowest BCUT2D eigenvalue weighted by molar-refractivity contribution is -0.119. The zero-order chi connectivity index (χ0) is 23.8. The van der Waals surface area contributed by atoms with Gasteiger partial charge in [-0.1, -0.05) is 0 Å². The van der Waals surface area contributed by atoms with Crippen LogP contribution in [0.5, 0.6) is 5.75 Å².